The van der Waals surface area contributed by atoms with Crippen molar-refractivity contribution in [3.63, 3.8) is 0 Å². The van der Waals surface area contributed by atoms with Crippen molar-refractivity contribution in [2.24, 2.45) is 0 Å². The lowest BCUT2D eigenvalue weighted by atomic mass is 10.0. The first-order chi connectivity index (χ1) is 4.35. The summed E-state index contributed by atoms with van der Waals surface area (Å²) in [6, 6.07) is 0. The first-order valence-electron chi connectivity index (χ1n) is 3.62. The molecule has 0 unspecified atom stereocenters. The molecule has 0 aromatic carbocycles. The molecule has 2 aliphatic rings. The molecule has 0 N–H and O–H groups in total. The van der Waals surface area contributed by atoms with Gasteiger partial charge in [0.25, 0.3) is 0 Å². The summed E-state index contributed by atoms with van der Waals surface area (Å²) in [6.45, 7) is 3.70. The van der Waals surface area contributed by atoms with Crippen LogP contribution in [0.2, 0.25) is 0 Å². The maximum atomic E-state index is 5.45. The summed E-state index contributed by atoms with van der Waals surface area (Å²) < 4.78 is 5.45. The van der Waals surface area contributed by atoms with Gasteiger partial charge < -0.3 is 9.64 Å². The second-order valence-electron chi connectivity index (χ2n) is 3.16. The summed E-state index contributed by atoms with van der Waals surface area (Å²) in [5.74, 6) is 0. The molecule has 9 heavy (non-hydrogen) atoms. The molecule has 0 atom stereocenters. The number of hydrogen-bond acceptors (Lipinski definition) is 2. The molecular weight excluding hydrogens is 114 g/mol. The number of fused-ring (bicyclic) bond motifs is 2. The van der Waals surface area contributed by atoms with Gasteiger partial charge in [-0.05, 0) is 12.8 Å². The number of methoxy groups -OCH3 is 1. The van der Waals surface area contributed by atoms with Crippen molar-refractivity contribution in [1.82, 2.24) is 4.90 Å². The molecule has 2 aliphatic heterocycles. The summed E-state index contributed by atoms with van der Waals surface area (Å²) >= 11 is 0. The van der Waals surface area contributed by atoms with Gasteiger partial charge in [-0.2, -0.15) is 0 Å². The zero-order valence-corrected chi connectivity index (χ0v) is 5.89. The molecule has 0 radical (unpaired) electrons. The topological polar surface area (TPSA) is 12.5 Å². The summed E-state index contributed by atoms with van der Waals surface area (Å²) in [4.78, 5) is 2.48. The van der Waals surface area contributed by atoms with E-state index in [9.17, 15) is 0 Å². The molecule has 0 amide bonds. The Hall–Kier alpha value is -0.0800. The lowest BCUT2D eigenvalue weighted by Gasteiger charge is -2.22. The van der Waals surface area contributed by atoms with E-state index in [0.29, 0.717) is 0 Å². The molecule has 2 rings (SSSR count). The first kappa shape index (κ1) is 5.69. The summed E-state index contributed by atoms with van der Waals surface area (Å²) in [5, 5.41) is 0. The van der Waals surface area contributed by atoms with E-state index in [1.54, 1.807) is 0 Å². The number of hydrogen-bond donors (Lipinski definition) is 0. The van der Waals surface area contributed by atoms with Crippen LogP contribution in [0.5, 0.6) is 0 Å². The summed E-state index contributed by atoms with van der Waals surface area (Å²) in [6.07, 6.45) is 2.51. The second-order valence-corrected chi connectivity index (χ2v) is 3.16. The number of ether oxygens (including phenoxy) is 1. The highest BCUT2D eigenvalue weighted by Crippen LogP contribution is 2.34. The highest BCUT2D eigenvalue weighted by atomic mass is 16.5. The quantitative estimate of drug-likeness (QED) is 0.508. The van der Waals surface area contributed by atoms with Gasteiger partial charge in [0.05, 0.1) is 5.60 Å². The molecule has 0 spiro atoms. The van der Waals surface area contributed by atoms with E-state index in [0.717, 1.165) is 0 Å². The zero-order valence-electron chi connectivity index (χ0n) is 5.89. The lowest BCUT2D eigenvalue weighted by molar-refractivity contribution is 0.0132. The molecule has 0 aromatic rings. The van der Waals surface area contributed by atoms with Crippen LogP contribution in [0.1, 0.15) is 12.8 Å². The molecule has 0 aromatic heterocycles. The van der Waals surface area contributed by atoms with Crippen LogP contribution in [0.25, 0.3) is 0 Å². The van der Waals surface area contributed by atoms with E-state index in [2.05, 4.69) is 4.90 Å². The Kier molecular flexibility index (Phi) is 1.08. The van der Waals surface area contributed by atoms with Crippen LogP contribution in [-0.4, -0.2) is 37.2 Å². The van der Waals surface area contributed by atoms with Gasteiger partial charge in [0.2, 0.25) is 0 Å². The van der Waals surface area contributed by atoms with Gasteiger partial charge in [0, 0.05) is 26.7 Å². The maximum Gasteiger partial charge on any atom is 0.0829 e. The SMILES string of the molecule is COC12CCN(CC1)C2. The summed E-state index contributed by atoms with van der Waals surface area (Å²) in [7, 11) is 1.84. The van der Waals surface area contributed by atoms with E-state index in [4.69, 9.17) is 4.74 Å². The molecule has 2 heteroatoms. The van der Waals surface area contributed by atoms with Crippen molar-refractivity contribution in [3.8, 4) is 0 Å². The van der Waals surface area contributed by atoms with Gasteiger partial charge in [0.15, 0.2) is 0 Å². The fraction of sp³-hybridized carbons (Fsp3) is 1.00. The number of rotatable bonds is 1. The van der Waals surface area contributed by atoms with Crippen LogP contribution < -0.4 is 0 Å². The van der Waals surface area contributed by atoms with Gasteiger partial charge >= 0.3 is 0 Å². The average Bonchev–Trinajstić information content (AvgIpc) is 2.46. The first-order valence-corrected chi connectivity index (χ1v) is 3.62. The Morgan fingerprint density at radius 1 is 1.33 bits per heavy atom. The predicted molar refractivity (Wildman–Crippen MR) is 35.4 cm³/mol. The molecule has 2 fully saturated rings. The van der Waals surface area contributed by atoms with Gasteiger partial charge in [-0.25, -0.2) is 0 Å². The highest BCUT2D eigenvalue weighted by molar-refractivity contribution is 4.98. The molecule has 0 aliphatic carbocycles. The van der Waals surface area contributed by atoms with Crippen LogP contribution in [0.15, 0.2) is 0 Å². The Balaban J connectivity index is 2.13. The molecule has 2 nitrogen and oxygen atoms in total. The monoisotopic (exact) mass is 127 g/mol. The maximum absolute atomic E-state index is 5.45. The van der Waals surface area contributed by atoms with Crippen LogP contribution >= 0.6 is 0 Å². The van der Waals surface area contributed by atoms with Crippen molar-refractivity contribution < 1.29 is 4.74 Å². The van der Waals surface area contributed by atoms with E-state index < -0.39 is 0 Å². The van der Waals surface area contributed by atoms with Gasteiger partial charge in [-0.15, -0.1) is 0 Å². The van der Waals surface area contributed by atoms with Gasteiger partial charge in [-0.1, -0.05) is 0 Å². The Morgan fingerprint density at radius 3 is 2.22 bits per heavy atom. The van der Waals surface area contributed by atoms with E-state index in [-0.39, 0.29) is 5.60 Å². The zero-order chi connectivity index (χ0) is 6.32. The van der Waals surface area contributed by atoms with E-state index in [1.807, 2.05) is 7.11 Å². The number of nitrogens with zero attached hydrogens (tertiary/aromatic N) is 1. The average molecular weight is 127 g/mol. The van der Waals surface area contributed by atoms with E-state index >= 15 is 0 Å². The minimum absolute atomic E-state index is 0.278. The Bertz CT molecular complexity index is 116. The molecule has 2 bridgehead atoms. The summed E-state index contributed by atoms with van der Waals surface area (Å²) in [5.41, 5.74) is 0.278. The van der Waals surface area contributed by atoms with Crippen LogP contribution in [-0.2, 0) is 4.74 Å². The van der Waals surface area contributed by atoms with Gasteiger partial charge in [-0.3, -0.25) is 0 Å². The minimum Gasteiger partial charge on any atom is -0.377 e. The van der Waals surface area contributed by atoms with Crippen LogP contribution in [0.3, 0.4) is 0 Å². The van der Waals surface area contributed by atoms with Crippen LogP contribution in [0, 0.1) is 0 Å². The van der Waals surface area contributed by atoms with Crippen molar-refractivity contribution >= 4 is 0 Å². The van der Waals surface area contributed by atoms with Crippen molar-refractivity contribution in [3.05, 3.63) is 0 Å². The third-order valence-corrected chi connectivity index (χ3v) is 2.71. The van der Waals surface area contributed by atoms with E-state index in [1.165, 1.54) is 32.5 Å². The molecule has 2 saturated heterocycles. The minimum atomic E-state index is 0.278. The fourth-order valence-corrected chi connectivity index (χ4v) is 1.95. The van der Waals surface area contributed by atoms with Crippen molar-refractivity contribution in [1.29, 1.82) is 0 Å². The van der Waals surface area contributed by atoms with Crippen molar-refractivity contribution in [2.75, 3.05) is 26.7 Å². The molecule has 0 saturated carbocycles. The fourth-order valence-electron chi connectivity index (χ4n) is 1.95. The smallest absolute Gasteiger partial charge is 0.0829 e. The second kappa shape index (κ2) is 1.70. The van der Waals surface area contributed by atoms with Crippen LogP contribution in [0.4, 0.5) is 0 Å². The largest absolute Gasteiger partial charge is 0.377 e. The Morgan fingerprint density at radius 2 is 2.00 bits per heavy atom. The molecule has 2 heterocycles. The standard InChI is InChI=1S/C7H13NO/c1-9-7-2-4-8(6-7)5-3-7/h2-6H2,1H3. The number of piperidine rings is 1. The van der Waals surface area contributed by atoms with Gasteiger partial charge in [0.1, 0.15) is 0 Å². The highest BCUT2D eigenvalue weighted by Gasteiger charge is 2.43. The normalized spacial score (nSPS) is 48.3. The molecule has 52 valence electrons. The van der Waals surface area contributed by atoms with Crippen molar-refractivity contribution in [2.45, 2.75) is 18.4 Å². The third kappa shape index (κ3) is 0.700. The lowest BCUT2D eigenvalue weighted by Crippen LogP contribution is -2.29. The Labute approximate surface area is 55.8 Å². The third-order valence-electron chi connectivity index (χ3n) is 2.71. The molecular formula is C7H13NO. The predicted octanol–water partition coefficient (Wildman–Crippen LogP) is 0.481.